The normalized spacial score (nSPS) is 20.2. The van der Waals surface area contributed by atoms with Crippen molar-refractivity contribution in [2.24, 2.45) is 11.3 Å². The molecule has 0 bridgehead atoms. The summed E-state index contributed by atoms with van der Waals surface area (Å²) in [7, 11) is 2.20. The molecule has 3 aliphatic rings. The molecule has 2 aromatic rings. The lowest BCUT2D eigenvalue weighted by Crippen LogP contribution is -2.60. The second kappa shape index (κ2) is 9.40. The summed E-state index contributed by atoms with van der Waals surface area (Å²) in [5.41, 5.74) is 2.75. The van der Waals surface area contributed by atoms with E-state index in [2.05, 4.69) is 39.0 Å². The Balaban J connectivity index is 0.000000325. The van der Waals surface area contributed by atoms with Crippen LogP contribution in [0.3, 0.4) is 0 Å². The Bertz CT molecular complexity index is 1010. The Morgan fingerprint density at radius 2 is 1.82 bits per heavy atom. The third-order valence-electron chi connectivity index (χ3n) is 6.33. The number of halogens is 2. The van der Waals surface area contributed by atoms with Crippen LogP contribution in [-0.4, -0.2) is 47.3 Å². The second-order valence-electron chi connectivity index (χ2n) is 10.6. The number of ether oxygens (including phenoxy) is 1. The minimum Gasteiger partial charge on any atom is -0.462 e. The molecule has 2 saturated carbocycles. The Hall–Kier alpha value is -1.89. The first-order valence-electron chi connectivity index (χ1n) is 11.4. The van der Waals surface area contributed by atoms with Crippen LogP contribution >= 0.6 is 23.2 Å². The number of nitrogens with zero attached hydrogens (tertiary/aromatic N) is 3. The Kier molecular flexibility index (Phi) is 6.90. The van der Waals surface area contributed by atoms with Crippen molar-refractivity contribution in [3.63, 3.8) is 0 Å². The zero-order valence-electron chi connectivity index (χ0n) is 19.6. The zero-order valence-corrected chi connectivity index (χ0v) is 21.1. The summed E-state index contributed by atoms with van der Waals surface area (Å²) in [5, 5.41) is 5.33. The number of carbonyl (C=O) groups excluding carboxylic acids is 1. The van der Waals surface area contributed by atoms with E-state index in [-0.39, 0.29) is 5.60 Å². The number of allylic oxidation sites excluding steroid dienone is 1. The molecule has 0 N–H and O–H groups in total. The van der Waals surface area contributed by atoms with Gasteiger partial charge in [0.1, 0.15) is 17.1 Å². The maximum absolute atomic E-state index is 9.60. The number of pyridine rings is 1. The van der Waals surface area contributed by atoms with Crippen molar-refractivity contribution < 1.29 is 14.1 Å². The fourth-order valence-electron chi connectivity index (χ4n) is 4.85. The summed E-state index contributed by atoms with van der Waals surface area (Å²) in [6.45, 7) is 8.40. The van der Waals surface area contributed by atoms with E-state index in [9.17, 15) is 4.79 Å². The van der Waals surface area contributed by atoms with E-state index in [4.69, 9.17) is 27.7 Å². The minimum absolute atomic E-state index is 0.318. The molecule has 5 rings (SSSR count). The number of carbonyl (C=O) groups is 1. The van der Waals surface area contributed by atoms with Crippen molar-refractivity contribution in [3.8, 4) is 11.3 Å². The standard InChI is InChI=1S/C20H21Cl2N3O.C5H10O2/c1-25-10-20(11-25)6-12(7-20)2-5-14-18(24-26-19(14)13-3-4-13)17-15(21)8-23-9-16(17)22;1-5(2,3)7-4-6/h2,5,8-9,12-13H,3-4,6-7,10-11H2,1H3;4H,1-3H3/b5-2+;. The highest BCUT2D eigenvalue weighted by Gasteiger charge is 2.50. The molecular formula is C25H31Cl2N3O3. The van der Waals surface area contributed by atoms with Crippen molar-refractivity contribution >= 4 is 35.8 Å². The van der Waals surface area contributed by atoms with E-state index in [1.807, 2.05) is 20.8 Å². The van der Waals surface area contributed by atoms with E-state index in [1.54, 1.807) is 12.4 Å². The summed E-state index contributed by atoms with van der Waals surface area (Å²) in [6, 6.07) is 0. The molecule has 2 aliphatic carbocycles. The highest BCUT2D eigenvalue weighted by molar-refractivity contribution is 6.39. The SMILES string of the molecule is CC(C)(C)OC=O.CN1CC2(CC(/C=C/c3c(-c4c(Cl)cncc4Cl)noc3C3CC3)C2)C1. The van der Waals surface area contributed by atoms with Crippen molar-refractivity contribution in [1.29, 1.82) is 0 Å². The lowest BCUT2D eigenvalue weighted by atomic mass is 9.58. The van der Waals surface area contributed by atoms with Gasteiger partial charge in [0.25, 0.3) is 6.47 Å². The lowest BCUT2D eigenvalue weighted by Gasteiger charge is -2.58. The van der Waals surface area contributed by atoms with Crippen LogP contribution in [0, 0.1) is 11.3 Å². The molecule has 1 aliphatic heterocycles. The molecule has 2 aromatic heterocycles. The monoisotopic (exact) mass is 491 g/mol. The van der Waals surface area contributed by atoms with Crippen LogP contribution in [0.1, 0.15) is 63.7 Å². The van der Waals surface area contributed by atoms with Crippen LogP contribution in [0.2, 0.25) is 10.0 Å². The maximum atomic E-state index is 9.60. The highest BCUT2D eigenvalue weighted by atomic mass is 35.5. The molecule has 6 nitrogen and oxygen atoms in total. The van der Waals surface area contributed by atoms with E-state index in [0.29, 0.717) is 39.3 Å². The van der Waals surface area contributed by atoms with Crippen molar-refractivity contribution in [2.45, 2.75) is 58.0 Å². The summed E-state index contributed by atoms with van der Waals surface area (Å²) in [5.74, 6) is 2.09. The van der Waals surface area contributed by atoms with Gasteiger partial charge in [0.15, 0.2) is 0 Å². The van der Waals surface area contributed by atoms with Gasteiger partial charge < -0.3 is 14.2 Å². The van der Waals surface area contributed by atoms with Crippen molar-refractivity contribution in [3.05, 3.63) is 39.8 Å². The molecule has 1 spiro atoms. The van der Waals surface area contributed by atoms with Crippen LogP contribution in [0.25, 0.3) is 17.3 Å². The van der Waals surface area contributed by atoms with Crippen LogP contribution < -0.4 is 0 Å². The molecule has 3 fully saturated rings. The molecule has 3 heterocycles. The van der Waals surface area contributed by atoms with Crippen LogP contribution in [-0.2, 0) is 9.53 Å². The van der Waals surface area contributed by atoms with Gasteiger partial charge in [0.05, 0.1) is 10.0 Å². The van der Waals surface area contributed by atoms with E-state index in [0.717, 1.165) is 29.9 Å². The molecule has 0 amide bonds. The molecule has 0 aromatic carbocycles. The molecule has 8 heteroatoms. The predicted octanol–water partition coefficient (Wildman–Crippen LogP) is 6.23. The molecule has 1 saturated heterocycles. The molecule has 0 radical (unpaired) electrons. The van der Waals surface area contributed by atoms with Crippen molar-refractivity contribution in [1.82, 2.24) is 15.0 Å². The lowest BCUT2D eigenvalue weighted by molar-refractivity contribution is -0.138. The Morgan fingerprint density at radius 3 is 2.30 bits per heavy atom. The Labute approximate surface area is 205 Å². The van der Waals surface area contributed by atoms with Crippen LogP contribution in [0.4, 0.5) is 0 Å². The minimum atomic E-state index is -0.318. The highest BCUT2D eigenvalue weighted by Crippen LogP contribution is 2.52. The molecular weight excluding hydrogens is 461 g/mol. The average Bonchev–Trinajstić information content (AvgIpc) is 3.43. The quantitative estimate of drug-likeness (QED) is 0.461. The average molecular weight is 492 g/mol. The van der Waals surface area contributed by atoms with Crippen LogP contribution in [0.15, 0.2) is 23.0 Å². The molecule has 178 valence electrons. The smallest absolute Gasteiger partial charge is 0.293 e. The van der Waals surface area contributed by atoms with Gasteiger partial charge in [-0.3, -0.25) is 9.78 Å². The van der Waals surface area contributed by atoms with Gasteiger partial charge in [-0.1, -0.05) is 40.5 Å². The number of hydrogen-bond acceptors (Lipinski definition) is 6. The largest absolute Gasteiger partial charge is 0.462 e. The zero-order chi connectivity index (χ0) is 23.8. The van der Waals surface area contributed by atoms with Gasteiger partial charge in [-0.15, -0.1) is 0 Å². The van der Waals surface area contributed by atoms with Gasteiger partial charge in [-0.05, 0) is 64.8 Å². The summed E-state index contributed by atoms with van der Waals surface area (Å²) in [6.07, 6.45) is 12.6. The maximum Gasteiger partial charge on any atom is 0.293 e. The molecule has 0 atom stereocenters. The van der Waals surface area contributed by atoms with Crippen LogP contribution in [0.5, 0.6) is 0 Å². The van der Waals surface area contributed by atoms with E-state index < -0.39 is 0 Å². The fraction of sp³-hybridized carbons (Fsp3) is 0.560. The first-order valence-corrected chi connectivity index (χ1v) is 12.1. The summed E-state index contributed by atoms with van der Waals surface area (Å²) in [4.78, 5) is 16.0. The first kappa shape index (κ1) is 24.2. The second-order valence-corrected chi connectivity index (χ2v) is 11.4. The van der Waals surface area contributed by atoms with Gasteiger partial charge in [0.2, 0.25) is 0 Å². The topological polar surface area (TPSA) is 68.5 Å². The first-order chi connectivity index (χ1) is 15.6. The molecule has 0 unspecified atom stereocenters. The fourth-order valence-corrected chi connectivity index (χ4v) is 5.39. The van der Waals surface area contributed by atoms with E-state index >= 15 is 0 Å². The summed E-state index contributed by atoms with van der Waals surface area (Å²) >= 11 is 12.7. The predicted molar refractivity (Wildman–Crippen MR) is 130 cm³/mol. The Morgan fingerprint density at radius 1 is 1.18 bits per heavy atom. The number of aromatic nitrogens is 2. The number of likely N-dealkylation sites (tertiary alicyclic amines) is 1. The summed E-state index contributed by atoms with van der Waals surface area (Å²) < 4.78 is 10.3. The number of hydrogen-bond donors (Lipinski definition) is 0. The van der Waals surface area contributed by atoms with E-state index in [1.165, 1.54) is 25.9 Å². The third-order valence-corrected chi connectivity index (χ3v) is 6.91. The van der Waals surface area contributed by atoms with Gasteiger partial charge >= 0.3 is 0 Å². The van der Waals surface area contributed by atoms with Gasteiger partial charge in [-0.2, -0.15) is 0 Å². The van der Waals surface area contributed by atoms with Crippen molar-refractivity contribution in [2.75, 3.05) is 20.1 Å². The third kappa shape index (κ3) is 5.61. The van der Waals surface area contributed by atoms with Gasteiger partial charge in [-0.25, -0.2) is 0 Å². The van der Waals surface area contributed by atoms with Gasteiger partial charge in [0, 0.05) is 42.5 Å². The molecule has 33 heavy (non-hydrogen) atoms. The number of rotatable bonds is 5.